The van der Waals surface area contributed by atoms with E-state index < -0.39 is 17.5 Å². The molecule has 0 spiro atoms. The van der Waals surface area contributed by atoms with Crippen LogP contribution in [-0.4, -0.2) is 44.0 Å². The standard InChI is InChI=1S/C22H35N5O4/c1-17-16-26(20(30)24-19(17)29)18(28)10-7-6-8-11-22(4,5)31-15-12-21(2,3)27-14-9-13-23-25-27/h16,18,28H,6-8,10-12,14-15H2,1-5H3,(H,24,29,30)/t18-/m1/s1. The van der Waals surface area contributed by atoms with Crippen LogP contribution in [0, 0.1) is 18.9 Å². The van der Waals surface area contributed by atoms with Gasteiger partial charge in [-0.25, -0.2) is 4.79 Å². The molecular formula is C22H35N5O4. The number of rotatable bonds is 12. The van der Waals surface area contributed by atoms with Gasteiger partial charge in [0.15, 0.2) is 0 Å². The summed E-state index contributed by atoms with van der Waals surface area (Å²) in [5, 5.41) is 20.0. The van der Waals surface area contributed by atoms with Crippen molar-refractivity contribution in [1.82, 2.24) is 14.6 Å². The maximum Gasteiger partial charge on any atom is 0.330 e. The van der Waals surface area contributed by atoms with Gasteiger partial charge in [0.25, 0.3) is 5.56 Å². The van der Waals surface area contributed by atoms with Gasteiger partial charge in [-0.3, -0.25) is 19.4 Å². The molecule has 0 aromatic carbocycles. The fourth-order valence-corrected chi connectivity index (χ4v) is 3.37. The van der Waals surface area contributed by atoms with Gasteiger partial charge in [0.1, 0.15) is 12.8 Å². The second-order valence-electron chi connectivity index (χ2n) is 9.26. The van der Waals surface area contributed by atoms with Gasteiger partial charge in [-0.15, -0.1) is 0 Å². The molecule has 1 aliphatic rings. The van der Waals surface area contributed by atoms with Crippen molar-refractivity contribution < 1.29 is 9.84 Å². The number of ether oxygens (including phenoxy) is 1. The van der Waals surface area contributed by atoms with Crippen LogP contribution in [0.15, 0.2) is 26.1 Å². The Hall–Kier alpha value is -2.44. The van der Waals surface area contributed by atoms with Gasteiger partial charge in [0.05, 0.1) is 17.2 Å². The van der Waals surface area contributed by atoms with Crippen LogP contribution < -0.4 is 11.2 Å². The normalized spacial score (nSPS) is 15.0. The summed E-state index contributed by atoms with van der Waals surface area (Å²) < 4.78 is 7.31. The second-order valence-corrected chi connectivity index (χ2v) is 9.26. The zero-order valence-electron chi connectivity index (χ0n) is 19.3. The first kappa shape index (κ1) is 24.8. The molecule has 2 heterocycles. The third-order valence-corrected chi connectivity index (χ3v) is 5.62. The van der Waals surface area contributed by atoms with Gasteiger partial charge >= 0.3 is 5.69 Å². The molecule has 0 bridgehead atoms. The van der Waals surface area contributed by atoms with Gasteiger partial charge in [-0.1, -0.05) is 29.1 Å². The summed E-state index contributed by atoms with van der Waals surface area (Å²) >= 11 is 0. The lowest BCUT2D eigenvalue weighted by Crippen LogP contribution is -2.42. The van der Waals surface area contributed by atoms with Crippen molar-refractivity contribution in [3.8, 4) is 12.0 Å². The minimum atomic E-state index is -0.939. The molecule has 31 heavy (non-hydrogen) atoms. The topological polar surface area (TPSA) is 112 Å². The number of aliphatic hydroxyl groups is 1. The summed E-state index contributed by atoms with van der Waals surface area (Å²) in [5.41, 5.74) is -1.03. The number of aromatic nitrogens is 2. The predicted octanol–water partition coefficient (Wildman–Crippen LogP) is 2.89. The summed E-state index contributed by atoms with van der Waals surface area (Å²) in [4.78, 5) is 25.5. The van der Waals surface area contributed by atoms with Crippen LogP contribution in [0.2, 0.25) is 0 Å². The molecule has 172 valence electrons. The number of hydrogen-bond acceptors (Lipinski definition) is 7. The van der Waals surface area contributed by atoms with Crippen molar-refractivity contribution in [2.45, 2.75) is 90.5 Å². The van der Waals surface area contributed by atoms with E-state index in [2.05, 4.69) is 55.0 Å². The van der Waals surface area contributed by atoms with E-state index in [1.807, 2.05) is 5.01 Å². The number of hydrogen-bond donors (Lipinski definition) is 2. The molecule has 2 rings (SSSR count). The summed E-state index contributed by atoms with van der Waals surface area (Å²) in [6.07, 6.45) is 5.28. The summed E-state index contributed by atoms with van der Waals surface area (Å²) in [6.45, 7) is 11.2. The van der Waals surface area contributed by atoms with E-state index in [-0.39, 0.29) is 11.1 Å². The first-order chi connectivity index (χ1) is 14.5. The fourth-order valence-electron chi connectivity index (χ4n) is 3.37. The first-order valence-corrected chi connectivity index (χ1v) is 10.8. The van der Waals surface area contributed by atoms with Gasteiger partial charge in [0, 0.05) is 18.4 Å². The van der Waals surface area contributed by atoms with E-state index in [1.165, 1.54) is 10.8 Å². The van der Waals surface area contributed by atoms with E-state index >= 15 is 0 Å². The lowest BCUT2D eigenvalue weighted by Gasteiger charge is -2.35. The zero-order valence-corrected chi connectivity index (χ0v) is 19.3. The molecule has 9 nitrogen and oxygen atoms in total. The molecule has 0 aliphatic carbocycles. The predicted molar refractivity (Wildman–Crippen MR) is 118 cm³/mol. The highest BCUT2D eigenvalue weighted by Crippen LogP contribution is 2.24. The Labute approximate surface area is 183 Å². The van der Waals surface area contributed by atoms with Gasteiger partial charge in [0.2, 0.25) is 0 Å². The molecule has 0 fully saturated rings. The number of nitrogens with zero attached hydrogens (tertiary/aromatic N) is 4. The van der Waals surface area contributed by atoms with E-state index in [4.69, 9.17) is 4.74 Å². The number of aromatic amines is 1. The lowest BCUT2D eigenvalue weighted by molar-refractivity contribution is -0.0419. The Morgan fingerprint density at radius 1 is 1.23 bits per heavy atom. The number of aliphatic hydroxyl groups excluding tert-OH is 1. The molecule has 1 aliphatic heterocycles. The molecule has 0 saturated heterocycles. The quantitative estimate of drug-likeness (QED) is 0.389. The minimum Gasteiger partial charge on any atom is -0.375 e. The minimum absolute atomic E-state index is 0.178. The van der Waals surface area contributed by atoms with E-state index in [9.17, 15) is 14.7 Å². The lowest BCUT2D eigenvalue weighted by atomic mass is 9.98. The summed E-state index contributed by atoms with van der Waals surface area (Å²) in [7, 11) is 0. The van der Waals surface area contributed by atoms with Crippen LogP contribution in [0.1, 0.15) is 78.0 Å². The molecule has 0 unspecified atom stereocenters. The number of nitrogens with one attached hydrogen (secondary N) is 1. The van der Waals surface area contributed by atoms with Crippen molar-refractivity contribution in [2.75, 3.05) is 13.2 Å². The van der Waals surface area contributed by atoms with Crippen molar-refractivity contribution in [1.29, 1.82) is 0 Å². The van der Waals surface area contributed by atoms with Crippen LogP contribution in [0.25, 0.3) is 0 Å². The van der Waals surface area contributed by atoms with Gasteiger partial charge in [-0.05, 0) is 60.3 Å². The molecule has 1 atom stereocenters. The van der Waals surface area contributed by atoms with Gasteiger partial charge < -0.3 is 9.84 Å². The molecule has 0 amide bonds. The maximum atomic E-state index is 11.8. The van der Waals surface area contributed by atoms with Crippen molar-refractivity contribution in [3.63, 3.8) is 0 Å². The summed E-state index contributed by atoms with van der Waals surface area (Å²) in [6, 6.07) is 2.61. The van der Waals surface area contributed by atoms with Crippen LogP contribution in [-0.2, 0) is 4.74 Å². The second kappa shape index (κ2) is 10.7. The zero-order chi connectivity index (χ0) is 23.1. The molecule has 0 saturated carbocycles. The van der Waals surface area contributed by atoms with E-state index in [0.717, 1.165) is 32.1 Å². The van der Waals surface area contributed by atoms with E-state index in [1.54, 1.807) is 6.92 Å². The molecule has 1 aromatic rings. The molecule has 1 aromatic heterocycles. The average molecular weight is 434 g/mol. The van der Waals surface area contributed by atoms with E-state index in [0.29, 0.717) is 25.1 Å². The number of aryl methyl sites for hydroxylation is 1. The summed E-state index contributed by atoms with van der Waals surface area (Å²) in [5.74, 6) is 2.94. The largest absolute Gasteiger partial charge is 0.375 e. The molecule has 9 heteroatoms. The molecule has 2 N–H and O–H groups in total. The fraction of sp³-hybridized carbons (Fsp3) is 0.727. The Morgan fingerprint density at radius 2 is 1.97 bits per heavy atom. The highest BCUT2D eigenvalue weighted by Gasteiger charge is 2.28. The SMILES string of the molecule is Cc1cn([C@H](O)CCCCCC(C)(C)OCCC(C)(C)N2CC#CN=N2)c(=O)[nH]c1=O. The number of unbranched alkanes of at least 4 members (excludes halogenated alkanes) is 2. The monoisotopic (exact) mass is 433 g/mol. The van der Waals surface area contributed by atoms with Crippen LogP contribution in [0.5, 0.6) is 0 Å². The number of H-pyrrole nitrogens is 1. The van der Waals surface area contributed by atoms with Crippen LogP contribution in [0.4, 0.5) is 0 Å². The maximum absolute atomic E-state index is 11.8. The van der Waals surface area contributed by atoms with Gasteiger partial charge in [-0.2, -0.15) is 0 Å². The first-order valence-electron chi connectivity index (χ1n) is 10.8. The Balaban J connectivity index is 1.67. The highest BCUT2D eigenvalue weighted by molar-refractivity contribution is 5.03. The molecular weight excluding hydrogens is 398 g/mol. The van der Waals surface area contributed by atoms with Crippen molar-refractivity contribution >= 4 is 0 Å². The third kappa shape index (κ3) is 7.64. The highest BCUT2D eigenvalue weighted by atomic mass is 16.5. The van der Waals surface area contributed by atoms with Crippen molar-refractivity contribution in [3.05, 3.63) is 32.6 Å². The Morgan fingerprint density at radius 3 is 2.65 bits per heavy atom. The average Bonchev–Trinajstić information content (AvgIpc) is 2.70. The third-order valence-electron chi connectivity index (χ3n) is 5.62. The Kier molecular flexibility index (Phi) is 8.60. The smallest absolute Gasteiger partial charge is 0.330 e. The van der Waals surface area contributed by atoms with Crippen molar-refractivity contribution in [2.24, 2.45) is 10.3 Å². The van der Waals surface area contributed by atoms with Crippen LogP contribution >= 0.6 is 0 Å². The Bertz CT molecular complexity index is 936. The molecule has 0 radical (unpaired) electrons. The van der Waals surface area contributed by atoms with Crippen LogP contribution in [0.3, 0.4) is 0 Å².